The minimum absolute atomic E-state index is 0.0888. The molecule has 4 amide bonds. The van der Waals surface area contributed by atoms with Crippen LogP contribution in [0.5, 0.6) is 0 Å². The van der Waals surface area contributed by atoms with Crippen LogP contribution in [0, 0.1) is 0 Å². The van der Waals surface area contributed by atoms with E-state index < -0.39 is 0 Å². The first-order chi connectivity index (χ1) is 12.6. The van der Waals surface area contributed by atoms with E-state index in [1.54, 1.807) is 43.9 Å². The van der Waals surface area contributed by atoms with Gasteiger partial charge in [0.15, 0.2) is 0 Å². The number of piperazine rings is 2. The van der Waals surface area contributed by atoms with Gasteiger partial charge >= 0.3 is 0 Å². The zero-order valence-corrected chi connectivity index (χ0v) is 14.5. The molecule has 2 aliphatic rings. The van der Waals surface area contributed by atoms with Gasteiger partial charge in [0, 0.05) is 63.5 Å². The molecule has 8 heteroatoms. The Bertz CT molecular complexity index is 616. The number of carbonyl (C=O) groups excluding carboxylic acids is 4. The first-order valence-electron chi connectivity index (χ1n) is 8.69. The Labute approximate surface area is 151 Å². The van der Waals surface area contributed by atoms with Gasteiger partial charge in [0.2, 0.25) is 12.8 Å². The molecule has 26 heavy (non-hydrogen) atoms. The summed E-state index contributed by atoms with van der Waals surface area (Å²) in [6.07, 6.45) is 1.61. The van der Waals surface area contributed by atoms with E-state index in [0.29, 0.717) is 63.5 Å². The monoisotopic (exact) mass is 358 g/mol. The van der Waals surface area contributed by atoms with E-state index in [-0.39, 0.29) is 11.8 Å². The Morgan fingerprint density at radius 2 is 0.923 bits per heavy atom. The maximum absolute atomic E-state index is 12.5. The lowest BCUT2D eigenvalue weighted by Gasteiger charge is -2.33. The van der Waals surface area contributed by atoms with Crippen molar-refractivity contribution < 1.29 is 19.2 Å². The normalized spacial score (nSPS) is 17.8. The van der Waals surface area contributed by atoms with E-state index in [1.165, 1.54) is 0 Å². The molecule has 1 aromatic carbocycles. The van der Waals surface area contributed by atoms with Crippen LogP contribution >= 0.6 is 0 Å². The van der Waals surface area contributed by atoms with Gasteiger partial charge in [-0.05, 0) is 24.3 Å². The van der Waals surface area contributed by atoms with Crippen LogP contribution in [0.1, 0.15) is 20.7 Å². The molecule has 2 saturated heterocycles. The van der Waals surface area contributed by atoms with E-state index in [4.69, 9.17) is 0 Å². The van der Waals surface area contributed by atoms with Gasteiger partial charge in [0.25, 0.3) is 11.8 Å². The van der Waals surface area contributed by atoms with Gasteiger partial charge in [-0.15, -0.1) is 0 Å². The molecular weight excluding hydrogens is 336 g/mol. The van der Waals surface area contributed by atoms with Crippen molar-refractivity contribution in [1.29, 1.82) is 0 Å². The van der Waals surface area contributed by atoms with Crippen LogP contribution in [0.3, 0.4) is 0 Å². The summed E-state index contributed by atoms with van der Waals surface area (Å²) in [7, 11) is 0. The second-order valence-electron chi connectivity index (χ2n) is 6.44. The van der Waals surface area contributed by atoms with E-state index in [9.17, 15) is 19.2 Å². The molecule has 8 nitrogen and oxygen atoms in total. The van der Waals surface area contributed by atoms with E-state index in [1.807, 2.05) is 0 Å². The van der Waals surface area contributed by atoms with Crippen LogP contribution in [0.4, 0.5) is 0 Å². The first kappa shape index (κ1) is 17.9. The molecule has 0 aliphatic carbocycles. The summed E-state index contributed by atoms with van der Waals surface area (Å²) in [5.74, 6) is -0.178. The predicted molar refractivity (Wildman–Crippen MR) is 93.5 cm³/mol. The van der Waals surface area contributed by atoms with Crippen molar-refractivity contribution in [2.24, 2.45) is 0 Å². The molecular formula is C18H22N4O4. The van der Waals surface area contributed by atoms with Gasteiger partial charge in [-0.2, -0.15) is 0 Å². The third-order valence-corrected chi connectivity index (χ3v) is 4.88. The van der Waals surface area contributed by atoms with Crippen LogP contribution < -0.4 is 0 Å². The van der Waals surface area contributed by atoms with Crippen molar-refractivity contribution in [1.82, 2.24) is 19.6 Å². The Balaban J connectivity index is 1.59. The average molecular weight is 358 g/mol. The molecule has 0 unspecified atom stereocenters. The molecule has 0 bridgehead atoms. The minimum Gasteiger partial charge on any atom is -0.342 e. The third-order valence-electron chi connectivity index (χ3n) is 4.88. The smallest absolute Gasteiger partial charge is 0.253 e. The fraction of sp³-hybridized carbons (Fsp3) is 0.444. The average Bonchev–Trinajstić information content (AvgIpc) is 2.73. The van der Waals surface area contributed by atoms with Crippen LogP contribution in [0.15, 0.2) is 24.3 Å². The summed E-state index contributed by atoms with van der Waals surface area (Å²) in [5.41, 5.74) is 1.07. The van der Waals surface area contributed by atoms with Crippen molar-refractivity contribution in [3.8, 4) is 0 Å². The van der Waals surface area contributed by atoms with Crippen LogP contribution in [-0.4, -0.2) is 96.6 Å². The zero-order valence-electron chi connectivity index (χ0n) is 14.5. The molecule has 0 radical (unpaired) electrons. The topological polar surface area (TPSA) is 81.2 Å². The lowest BCUT2D eigenvalue weighted by atomic mass is 10.1. The Morgan fingerprint density at radius 1 is 0.615 bits per heavy atom. The molecule has 1 aromatic rings. The van der Waals surface area contributed by atoms with Crippen molar-refractivity contribution >= 4 is 24.6 Å². The van der Waals surface area contributed by atoms with Gasteiger partial charge in [0.1, 0.15) is 0 Å². The number of hydrogen-bond donors (Lipinski definition) is 0. The minimum atomic E-state index is -0.0888. The lowest BCUT2D eigenvalue weighted by molar-refractivity contribution is -0.120. The third kappa shape index (κ3) is 3.84. The van der Waals surface area contributed by atoms with Gasteiger partial charge in [0.05, 0.1) is 0 Å². The highest BCUT2D eigenvalue weighted by Gasteiger charge is 2.23. The highest BCUT2D eigenvalue weighted by atomic mass is 16.2. The highest BCUT2D eigenvalue weighted by Crippen LogP contribution is 2.13. The van der Waals surface area contributed by atoms with Crippen LogP contribution in [0.25, 0.3) is 0 Å². The molecule has 0 N–H and O–H groups in total. The zero-order chi connectivity index (χ0) is 18.5. The molecule has 0 aromatic heterocycles. The fourth-order valence-corrected chi connectivity index (χ4v) is 3.18. The molecule has 2 heterocycles. The predicted octanol–water partition coefficient (Wildman–Crippen LogP) is -0.485. The summed E-state index contributed by atoms with van der Waals surface area (Å²) >= 11 is 0. The first-order valence-corrected chi connectivity index (χ1v) is 8.69. The molecule has 2 aliphatic heterocycles. The maximum atomic E-state index is 12.5. The van der Waals surface area contributed by atoms with E-state index >= 15 is 0 Å². The standard InChI is InChI=1S/C18H22N4O4/c23-13-19-5-9-21(10-6-19)17(25)15-1-2-16(4-3-15)18(26)22-11-7-20(14-24)8-12-22/h1-4,13-14H,5-12H2. The van der Waals surface area contributed by atoms with Crippen molar-refractivity contribution in [2.75, 3.05) is 52.4 Å². The SMILES string of the molecule is O=CN1CCN(C(=O)c2ccc(C(=O)N3CCN(C=O)CC3)cc2)CC1. The molecule has 138 valence electrons. The largest absolute Gasteiger partial charge is 0.342 e. The quantitative estimate of drug-likeness (QED) is 0.681. The van der Waals surface area contributed by atoms with E-state index in [0.717, 1.165) is 12.8 Å². The summed E-state index contributed by atoms with van der Waals surface area (Å²) < 4.78 is 0. The van der Waals surface area contributed by atoms with Gasteiger partial charge < -0.3 is 19.6 Å². The Hall–Kier alpha value is -2.90. The van der Waals surface area contributed by atoms with E-state index in [2.05, 4.69) is 0 Å². The summed E-state index contributed by atoms with van der Waals surface area (Å²) in [4.78, 5) is 53.3. The fourth-order valence-electron chi connectivity index (χ4n) is 3.18. The number of benzene rings is 1. The van der Waals surface area contributed by atoms with Crippen molar-refractivity contribution in [2.45, 2.75) is 0 Å². The molecule has 3 rings (SSSR count). The Morgan fingerprint density at radius 3 is 1.19 bits per heavy atom. The van der Waals surface area contributed by atoms with Gasteiger partial charge in [-0.25, -0.2) is 0 Å². The number of amides is 4. The second-order valence-corrected chi connectivity index (χ2v) is 6.44. The van der Waals surface area contributed by atoms with Crippen molar-refractivity contribution in [3.05, 3.63) is 35.4 Å². The second kappa shape index (κ2) is 7.99. The lowest BCUT2D eigenvalue weighted by Crippen LogP contribution is -2.48. The molecule has 0 saturated carbocycles. The summed E-state index contributed by atoms with van der Waals surface area (Å²) in [6.45, 7) is 4.21. The van der Waals surface area contributed by atoms with Gasteiger partial charge in [-0.3, -0.25) is 19.2 Å². The number of hydrogen-bond acceptors (Lipinski definition) is 4. The van der Waals surface area contributed by atoms with Gasteiger partial charge in [-0.1, -0.05) is 0 Å². The van der Waals surface area contributed by atoms with Crippen molar-refractivity contribution in [3.63, 3.8) is 0 Å². The summed E-state index contributed by atoms with van der Waals surface area (Å²) in [5, 5.41) is 0. The molecule has 0 atom stereocenters. The molecule has 2 fully saturated rings. The highest BCUT2D eigenvalue weighted by molar-refractivity contribution is 5.98. The summed E-state index contributed by atoms with van der Waals surface area (Å²) in [6, 6.07) is 6.68. The maximum Gasteiger partial charge on any atom is 0.253 e. The Kier molecular flexibility index (Phi) is 5.50. The van der Waals surface area contributed by atoms with Crippen LogP contribution in [-0.2, 0) is 9.59 Å². The number of rotatable bonds is 4. The molecule has 0 spiro atoms. The van der Waals surface area contributed by atoms with Crippen LogP contribution in [0.2, 0.25) is 0 Å². The number of carbonyl (C=O) groups is 4. The number of nitrogens with zero attached hydrogens (tertiary/aromatic N) is 4.